The Morgan fingerprint density at radius 3 is 3.00 bits per heavy atom. The highest BCUT2D eigenvalue weighted by molar-refractivity contribution is 6.32. The number of carbonyl (C=O) groups excluding carboxylic acids is 1. The highest BCUT2D eigenvalue weighted by Gasteiger charge is 2.22. The number of carbonyl (C=O) groups is 1. The Balaban J connectivity index is 2.25. The van der Waals surface area contributed by atoms with Crippen molar-refractivity contribution in [3.05, 3.63) is 40.1 Å². The molecule has 0 N–H and O–H groups in total. The first kappa shape index (κ1) is 13.2. The van der Waals surface area contributed by atoms with Gasteiger partial charge in [-0.3, -0.25) is 0 Å². The number of carboxylic acid groups (broad SMARTS) is 1. The van der Waals surface area contributed by atoms with Crippen molar-refractivity contribution in [2.24, 2.45) is 0 Å². The van der Waals surface area contributed by atoms with Gasteiger partial charge in [0.2, 0.25) is 0 Å². The van der Waals surface area contributed by atoms with Gasteiger partial charge in [-0.05, 0) is 43.3 Å². The molecule has 0 fully saturated rings. The number of rotatable bonds is 2. The minimum atomic E-state index is -1.24. The highest BCUT2D eigenvalue weighted by Crippen LogP contribution is 2.36. The molecule has 2 heterocycles. The molecule has 0 unspecified atom stereocenters. The summed E-state index contributed by atoms with van der Waals surface area (Å²) in [6, 6.07) is 3.65. The Labute approximate surface area is 121 Å². The van der Waals surface area contributed by atoms with E-state index in [0.29, 0.717) is 12.3 Å². The summed E-state index contributed by atoms with van der Waals surface area (Å²) in [5.74, 6) is -0.681. The van der Waals surface area contributed by atoms with Crippen LogP contribution in [0.15, 0.2) is 22.6 Å². The highest BCUT2D eigenvalue weighted by atomic mass is 35.5. The topological polar surface area (TPSA) is 56.5 Å². The van der Waals surface area contributed by atoms with E-state index in [1.54, 1.807) is 0 Å². The number of nitrogens with zero attached hydrogens (tertiary/aromatic N) is 1. The van der Waals surface area contributed by atoms with Gasteiger partial charge >= 0.3 is 0 Å². The third kappa shape index (κ3) is 2.21. The minimum absolute atomic E-state index is 0.557. The molecule has 5 heteroatoms. The maximum absolute atomic E-state index is 10.6. The summed E-state index contributed by atoms with van der Waals surface area (Å²) >= 11 is 6.28. The van der Waals surface area contributed by atoms with Crippen molar-refractivity contribution in [1.82, 2.24) is 4.90 Å². The Bertz CT molecular complexity index is 717. The molecule has 0 amide bonds. The maximum Gasteiger partial charge on any atom is 0.135 e. The van der Waals surface area contributed by atoms with Crippen molar-refractivity contribution in [3.63, 3.8) is 0 Å². The fraction of sp³-hybridized carbons (Fsp3) is 0.267. The molecule has 1 aromatic heterocycles. The predicted molar refractivity (Wildman–Crippen MR) is 75.3 cm³/mol. The number of carboxylic acids is 1. The number of furan rings is 1. The van der Waals surface area contributed by atoms with E-state index in [4.69, 9.17) is 16.0 Å². The third-order valence-corrected chi connectivity index (χ3v) is 3.93. The summed E-state index contributed by atoms with van der Waals surface area (Å²) in [4.78, 5) is 12.7. The fourth-order valence-corrected chi connectivity index (χ4v) is 2.90. The summed E-state index contributed by atoms with van der Waals surface area (Å²) in [5.41, 5.74) is 2.79. The molecule has 0 radical (unpaired) electrons. The van der Waals surface area contributed by atoms with Crippen molar-refractivity contribution >= 4 is 34.6 Å². The van der Waals surface area contributed by atoms with Gasteiger partial charge in [0.1, 0.15) is 11.3 Å². The van der Waals surface area contributed by atoms with Crippen LogP contribution in [0.1, 0.15) is 16.9 Å². The zero-order chi connectivity index (χ0) is 14.3. The largest absolute Gasteiger partial charge is 0.545 e. The van der Waals surface area contributed by atoms with Gasteiger partial charge in [-0.1, -0.05) is 11.6 Å². The molecule has 3 rings (SSSR count). The lowest BCUT2D eigenvalue weighted by Crippen LogP contribution is -2.19. The van der Waals surface area contributed by atoms with E-state index in [1.165, 1.54) is 6.08 Å². The molecule has 1 aliphatic heterocycles. The van der Waals surface area contributed by atoms with Crippen LogP contribution in [0.3, 0.4) is 0 Å². The van der Waals surface area contributed by atoms with Crippen LogP contribution >= 0.6 is 11.6 Å². The molecule has 0 spiro atoms. The predicted octanol–water partition coefficient (Wildman–Crippen LogP) is 1.84. The van der Waals surface area contributed by atoms with Crippen molar-refractivity contribution in [1.29, 1.82) is 0 Å². The van der Waals surface area contributed by atoms with Gasteiger partial charge in [-0.2, -0.15) is 0 Å². The first-order valence-corrected chi connectivity index (χ1v) is 6.74. The second-order valence-corrected chi connectivity index (χ2v) is 5.39. The van der Waals surface area contributed by atoms with Crippen molar-refractivity contribution in [2.45, 2.75) is 13.0 Å². The minimum Gasteiger partial charge on any atom is -0.545 e. The standard InChI is InChI=1S/C15H14ClNO3/c1-17-7-6-9-11(16)2-3-13-15(9)10(8-17)12(20-13)4-5-14(18)19/h2-5H,6-8H2,1H3,(H,18,19)/p-1/b5-4+. The van der Waals surface area contributed by atoms with Crippen molar-refractivity contribution in [2.75, 3.05) is 13.6 Å². The number of hydrogen-bond acceptors (Lipinski definition) is 4. The number of hydrogen-bond donors (Lipinski definition) is 0. The second kappa shape index (κ2) is 4.96. The van der Waals surface area contributed by atoms with E-state index >= 15 is 0 Å². The van der Waals surface area contributed by atoms with Gasteiger partial charge < -0.3 is 19.2 Å². The van der Waals surface area contributed by atoms with E-state index in [1.807, 2.05) is 19.2 Å². The Hall–Kier alpha value is -1.78. The average Bonchev–Trinajstić information content (AvgIpc) is 2.62. The molecular formula is C15H13ClNO3-. The summed E-state index contributed by atoms with van der Waals surface area (Å²) in [7, 11) is 2.02. The number of likely N-dealkylation sites (N-methyl/N-ethyl adjacent to an activating group) is 1. The fourth-order valence-electron chi connectivity index (χ4n) is 2.65. The van der Waals surface area contributed by atoms with Crippen LogP contribution in [-0.2, 0) is 17.8 Å². The van der Waals surface area contributed by atoms with Crippen LogP contribution in [0.4, 0.5) is 0 Å². The molecule has 0 saturated heterocycles. The number of halogens is 1. The summed E-state index contributed by atoms with van der Waals surface area (Å²) < 4.78 is 5.76. The van der Waals surface area contributed by atoms with Gasteiger partial charge in [0, 0.05) is 29.1 Å². The van der Waals surface area contributed by atoms with Gasteiger partial charge in [-0.25, -0.2) is 0 Å². The molecule has 104 valence electrons. The van der Waals surface area contributed by atoms with Crippen LogP contribution in [0.5, 0.6) is 0 Å². The summed E-state index contributed by atoms with van der Waals surface area (Å²) in [6.07, 6.45) is 3.28. The summed E-state index contributed by atoms with van der Waals surface area (Å²) in [6.45, 7) is 1.60. The lowest BCUT2D eigenvalue weighted by molar-refractivity contribution is -0.297. The second-order valence-electron chi connectivity index (χ2n) is 4.98. The molecule has 0 atom stereocenters. The van der Waals surface area contributed by atoms with Gasteiger partial charge in [0.05, 0.1) is 5.97 Å². The molecule has 1 aliphatic rings. The normalized spacial score (nSPS) is 15.9. The smallest absolute Gasteiger partial charge is 0.135 e. The van der Waals surface area contributed by atoms with Gasteiger partial charge in [0.15, 0.2) is 0 Å². The molecular weight excluding hydrogens is 278 g/mol. The lowest BCUT2D eigenvalue weighted by Gasteiger charge is -2.12. The SMILES string of the molecule is CN1CCc2c(Cl)ccc3oc(/C=C/C(=O)[O-])c(c23)C1. The van der Waals surface area contributed by atoms with Gasteiger partial charge in [-0.15, -0.1) is 0 Å². The van der Waals surface area contributed by atoms with E-state index in [0.717, 1.165) is 46.2 Å². The zero-order valence-corrected chi connectivity index (χ0v) is 11.7. The number of aliphatic carboxylic acids is 1. The Morgan fingerprint density at radius 2 is 2.25 bits per heavy atom. The monoisotopic (exact) mass is 290 g/mol. The third-order valence-electron chi connectivity index (χ3n) is 3.58. The zero-order valence-electron chi connectivity index (χ0n) is 11.0. The van der Waals surface area contributed by atoms with Crippen molar-refractivity contribution in [3.8, 4) is 0 Å². The first-order chi connectivity index (χ1) is 9.56. The Morgan fingerprint density at radius 1 is 1.45 bits per heavy atom. The number of benzene rings is 1. The van der Waals surface area contributed by atoms with Crippen LogP contribution < -0.4 is 5.11 Å². The first-order valence-electron chi connectivity index (χ1n) is 6.36. The van der Waals surface area contributed by atoms with E-state index in [-0.39, 0.29) is 0 Å². The molecule has 0 bridgehead atoms. The van der Waals surface area contributed by atoms with Crippen LogP contribution in [0.25, 0.3) is 17.0 Å². The molecule has 0 saturated carbocycles. The quantitative estimate of drug-likeness (QED) is 0.792. The maximum atomic E-state index is 10.6. The van der Waals surface area contributed by atoms with Gasteiger partial charge in [0.25, 0.3) is 0 Å². The molecule has 0 aliphatic carbocycles. The van der Waals surface area contributed by atoms with E-state index in [2.05, 4.69) is 4.90 Å². The lowest BCUT2D eigenvalue weighted by atomic mass is 10.0. The van der Waals surface area contributed by atoms with Crippen LogP contribution in [0.2, 0.25) is 5.02 Å². The summed E-state index contributed by atoms with van der Waals surface area (Å²) in [5, 5.41) is 12.3. The average molecular weight is 291 g/mol. The molecule has 4 nitrogen and oxygen atoms in total. The van der Waals surface area contributed by atoms with E-state index in [9.17, 15) is 9.90 Å². The molecule has 1 aromatic carbocycles. The van der Waals surface area contributed by atoms with Crippen molar-refractivity contribution < 1.29 is 14.3 Å². The van der Waals surface area contributed by atoms with E-state index < -0.39 is 5.97 Å². The Kier molecular flexibility index (Phi) is 3.28. The van der Waals surface area contributed by atoms with Crippen LogP contribution in [-0.4, -0.2) is 24.5 Å². The molecule has 20 heavy (non-hydrogen) atoms. The molecule has 2 aromatic rings. The van der Waals surface area contributed by atoms with Crippen LogP contribution in [0, 0.1) is 0 Å².